The number of aromatic nitrogens is 2. The number of nitrogens with zero attached hydrogens (tertiary/aromatic N) is 3. The van der Waals surface area contributed by atoms with Crippen LogP contribution in [-0.4, -0.2) is 54.1 Å². The minimum Gasteiger partial charge on any atom is -0.490 e. The summed E-state index contributed by atoms with van der Waals surface area (Å²) in [5.74, 6) is -0.0378. The highest BCUT2D eigenvalue weighted by Crippen LogP contribution is 2.28. The molecule has 1 aliphatic heterocycles. The fourth-order valence-corrected chi connectivity index (χ4v) is 4.95. The van der Waals surface area contributed by atoms with Gasteiger partial charge in [0.05, 0.1) is 12.1 Å². The average molecular weight is 528 g/mol. The summed E-state index contributed by atoms with van der Waals surface area (Å²) in [6, 6.07) is 16.0. The number of nitrogens with one attached hydrogen (secondary N) is 2. The topological polar surface area (TPSA) is 79.4 Å². The Bertz CT molecular complexity index is 1470. The van der Waals surface area contributed by atoms with E-state index in [4.69, 9.17) is 4.74 Å². The maximum absolute atomic E-state index is 14.7. The molecule has 1 fully saturated rings. The number of benzene rings is 3. The van der Waals surface area contributed by atoms with Gasteiger partial charge < -0.3 is 20.3 Å². The molecule has 2 heterocycles. The van der Waals surface area contributed by atoms with Crippen LogP contribution in [0.2, 0.25) is 0 Å². The molecule has 0 aliphatic carbocycles. The van der Waals surface area contributed by atoms with Gasteiger partial charge in [0.1, 0.15) is 0 Å². The Labute approximate surface area is 228 Å². The van der Waals surface area contributed by atoms with Gasteiger partial charge in [-0.05, 0) is 92.4 Å². The van der Waals surface area contributed by atoms with Crippen LogP contribution < -0.4 is 15.4 Å². The average Bonchev–Trinajstić information content (AvgIpc) is 2.96. The van der Waals surface area contributed by atoms with Crippen LogP contribution in [0.15, 0.2) is 60.8 Å². The fourth-order valence-electron chi connectivity index (χ4n) is 4.95. The summed E-state index contributed by atoms with van der Waals surface area (Å²) in [6.45, 7) is 5.71. The third kappa shape index (κ3) is 6.52. The molecule has 2 N–H and O–H groups in total. The van der Waals surface area contributed by atoms with Gasteiger partial charge in [-0.25, -0.2) is 14.4 Å². The van der Waals surface area contributed by atoms with Gasteiger partial charge in [0.15, 0.2) is 11.6 Å². The van der Waals surface area contributed by atoms with Crippen molar-refractivity contribution < 1.29 is 13.9 Å². The molecule has 8 heteroatoms. The SMILES string of the molecule is CNc1ncc2cc(-c3cc(C(=O)Nc4ccc(OCCCN5CCCCC5)c(F)c4)ccc3C)ccc2n1. The third-order valence-corrected chi connectivity index (χ3v) is 7.13. The molecule has 5 rings (SSSR count). The van der Waals surface area contributed by atoms with Gasteiger partial charge in [0.2, 0.25) is 5.95 Å². The summed E-state index contributed by atoms with van der Waals surface area (Å²) >= 11 is 0. The van der Waals surface area contributed by atoms with Crippen molar-refractivity contribution in [3.05, 3.63) is 77.7 Å². The predicted octanol–water partition coefficient (Wildman–Crippen LogP) is 6.29. The second kappa shape index (κ2) is 12.2. The number of hydrogen-bond acceptors (Lipinski definition) is 6. The smallest absolute Gasteiger partial charge is 0.255 e. The Kier molecular flexibility index (Phi) is 8.32. The second-order valence-corrected chi connectivity index (χ2v) is 9.95. The van der Waals surface area contributed by atoms with Crippen LogP contribution in [-0.2, 0) is 0 Å². The van der Waals surface area contributed by atoms with E-state index in [1.54, 1.807) is 31.4 Å². The maximum Gasteiger partial charge on any atom is 0.255 e. The van der Waals surface area contributed by atoms with E-state index in [0.717, 1.165) is 53.6 Å². The number of halogens is 1. The summed E-state index contributed by atoms with van der Waals surface area (Å²) in [5.41, 5.74) is 4.62. The van der Waals surface area contributed by atoms with E-state index in [1.807, 2.05) is 37.3 Å². The van der Waals surface area contributed by atoms with E-state index in [-0.39, 0.29) is 11.7 Å². The Morgan fingerprint density at radius 1 is 1.05 bits per heavy atom. The minimum atomic E-state index is -0.491. The number of ether oxygens (including phenoxy) is 1. The Hall–Kier alpha value is -4.04. The van der Waals surface area contributed by atoms with Gasteiger partial charge in [0, 0.05) is 42.5 Å². The highest BCUT2D eigenvalue weighted by atomic mass is 19.1. The Morgan fingerprint density at radius 3 is 2.69 bits per heavy atom. The quantitative estimate of drug-likeness (QED) is 0.249. The number of carbonyl (C=O) groups is 1. The molecular weight excluding hydrogens is 493 g/mol. The molecule has 0 spiro atoms. The second-order valence-electron chi connectivity index (χ2n) is 9.95. The lowest BCUT2D eigenvalue weighted by Gasteiger charge is -2.26. The van der Waals surface area contributed by atoms with E-state index in [1.165, 1.54) is 25.3 Å². The summed E-state index contributed by atoms with van der Waals surface area (Å²) < 4.78 is 20.4. The largest absolute Gasteiger partial charge is 0.490 e. The number of hydrogen-bond donors (Lipinski definition) is 2. The molecule has 3 aromatic carbocycles. The highest BCUT2D eigenvalue weighted by Gasteiger charge is 2.13. The van der Waals surface area contributed by atoms with Crippen molar-refractivity contribution in [3.63, 3.8) is 0 Å². The van der Waals surface area contributed by atoms with E-state index in [2.05, 4.69) is 25.5 Å². The zero-order chi connectivity index (χ0) is 27.2. The Balaban J connectivity index is 1.23. The van der Waals surface area contributed by atoms with Crippen LogP contribution in [0.1, 0.15) is 41.6 Å². The summed E-state index contributed by atoms with van der Waals surface area (Å²) in [4.78, 5) is 24.3. The number of piperidine rings is 1. The molecule has 202 valence electrons. The monoisotopic (exact) mass is 527 g/mol. The molecule has 0 radical (unpaired) electrons. The van der Waals surface area contributed by atoms with Gasteiger partial charge in [-0.1, -0.05) is 18.6 Å². The van der Waals surface area contributed by atoms with Crippen molar-refractivity contribution in [2.24, 2.45) is 0 Å². The molecule has 1 amide bonds. The van der Waals surface area contributed by atoms with Crippen LogP contribution in [0.25, 0.3) is 22.0 Å². The lowest BCUT2D eigenvalue weighted by molar-refractivity contribution is 0.102. The standard InChI is InChI=1S/C31H34FN5O2/c1-21-7-8-23(18-26(21)22-9-11-28-24(17-22)20-34-31(33-2)36-28)30(38)35-25-10-12-29(27(32)19-25)39-16-6-15-37-13-4-3-5-14-37/h7-12,17-20H,3-6,13-16H2,1-2H3,(H,35,38)(H,33,34,36). The molecule has 1 aliphatic rings. The van der Waals surface area contributed by atoms with E-state index in [9.17, 15) is 9.18 Å². The molecule has 39 heavy (non-hydrogen) atoms. The van der Waals surface area contributed by atoms with Crippen molar-refractivity contribution in [3.8, 4) is 16.9 Å². The van der Waals surface area contributed by atoms with Crippen molar-refractivity contribution in [1.29, 1.82) is 0 Å². The first-order chi connectivity index (χ1) is 19.0. The van der Waals surface area contributed by atoms with E-state index in [0.29, 0.717) is 23.8 Å². The zero-order valence-electron chi connectivity index (χ0n) is 22.5. The zero-order valence-corrected chi connectivity index (χ0v) is 22.5. The van der Waals surface area contributed by atoms with Gasteiger partial charge in [-0.2, -0.15) is 0 Å². The predicted molar refractivity (Wildman–Crippen MR) is 154 cm³/mol. The van der Waals surface area contributed by atoms with Crippen LogP contribution >= 0.6 is 0 Å². The van der Waals surface area contributed by atoms with Gasteiger partial charge in [-0.15, -0.1) is 0 Å². The number of fused-ring (bicyclic) bond motifs is 1. The molecule has 0 atom stereocenters. The van der Waals surface area contributed by atoms with Crippen LogP contribution in [0, 0.1) is 12.7 Å². The van der Waals surface area contributed by atoms with E-state index < -0.39 is 5.82 Å². The third-order valence-electron chi connectivity index (χ3n) is 7.13. The van der Waals surface area contributed by atoms with Crippen LogP contribution in [0.5, 0.6) is 5.75 Å². The molecule has 0 bridgehead atoms. The van der Waals surface area contributed by atoms with Crippen molar-refractivity contribution in [2.75, 3.05) is 43.9 Å². The molecule has 7 nitrogen and oxygen atoms in total. The first-order valence-corrected chi connectivity index (χ1v) is 13.5. The minimum absolute atomic E-state index is 0.200. The van der Waals surface area contributed by atoms with Crippen molar-refractivity contribution in [1.82, 2.24) is 14.9 Å². The Morgan fingerprint density at radius 2 is 1.90 bits per heavy atom. The summed E-state index contributed by atoms with van der Waals surface area (Å²) in [7, 11) is 1.78. The lowest BCUT2D eigenvalue weighted by atomic mass is 9.97. The molecule has 4 aromatic rings. The fraction of sp³-hybridized carbons (Fsp3) is 0.323. The van der Waals surface area contributed by atoms with E-state index >= 15 is 0 Å². The number of aryl methyl sites for hydroxylation is 1. The molecule has 0 saturated carbocycles. The van der Waals surface area contributed by atoms with Crippen molar-refractivity contribution in [2.45, 2.75) is 32.6 Å². The van der Waals surface area contributed by atoms with Crippen LogP contribution in [0.4, 0.5) is 16.0 Å². The first kappa shape index (κ1) is 26.6. The normalized spacial score (nSPS) is 13.8. The van der Waals surface area contributed by atoms with Crippen LogP contribution in [0.3, 0.4) is 0 Å². The maximum atomic E-state index is 14.7. The number of likely N-dealkylation sites (tertiary alicyclic amines) is 1. The molecule has 1 aromatic heterocycles. The van der Waals surface area contributed by atoms with Gasteiger partial charge >= 0.3 is 0 Å². The van der Waals surface area contributed by atoms with Crippen molar-refractivity contribution >= 4 is 28.4 Å². The lowest BCUT2D eigenvalue weighted by Crippen LogP contribution is -2.31. The summed E-state index contributed by atoms with van der Waals surface area (Å²) in [5, 5.41) is 6.66. The molecular formula is C31H34FN5O2. The van der Waals surface area contributed by atoms with Gasteiger partial charge in [-0.3, -0.25) is 4.79 Å². The van der Waals surface area contributed by atoms with Gasteiger partial charge in [0.25, 0.3) is 5.91 Å². The summed E-state index contributed by atoms with van der Waals surface area (Å²) in [6.07, 6.45) is 6.45. The first-order valence-electron chi connectivity index (χ1n) is 13.5. The number of amides is 1. The number of carbonyl (C=O) groups excluding carboxylic acids is 1. The number of anilines is 2. The molecule has 0 unspecified atom stereocenters. The molecule has 1 saturated heterocycles. The highest BCUT2D eigenvalue weighted by molar-refractivity contribution is 6.05. The number of rotatable bonds is 9.